The Hall–Kier alpha value is -0.640. The van der Waals surface area contributed by atoms with Gasteiger partial charge in [-0.3, -0.25) is 9.80 Å². The first-order valence-corrected chi connectivity index (χ1v) is 8.93. The monoisotopic (exact) mass is 285 g/mol. The lowest BCUT2D eigenvalue weighted by atomic mass is 9.88. The highest BCUT2D eigenvalue weighted by atomic mass is 15.3. The molecule has 4 unspecified atom stereocenters. The number of hydrogen-bond donors (Lipinski definition) is 1. The van der Waals surface area contributed by atoms with Gasteiger partial charge in [-0.05, 0) is 50.3 Å². The summed E-state index contributed by atoms with van der Waals surface area (Å²) >= 11 is 0. The molecule has 3 heterocycles. The Labute approximate surface area is 128 Å². The van der Waals surface area contributed by atoms with Gasteiger partial charge in [-0.15, -0.1) is 0 Å². The smallest absolute Gasteiger partial charge is 0.0317 e. The van der Waals surface area contributed by atoms with E-state index < -0.39 is 0 Å². The molecule has 0 spiro atoms. The van der Waals surface area contributed by atoms with Crippen molar-refractivity contribution in [3.63, 3.8) is 0 Å². The van der Waals surface area contributed by atoms with Crippen LogP contribution in [0.25, 0.3) is 0 Å². The molecule has 5 rings (SSSR count). The predicted molar refractivity (Wildman–Crippen MR) is 85.2 cm³/mol. The normalized spacial score (nSPS) is 46.3. The Balaban J connectivity index is 1.25. The number of rotatable bonds is 2. The fourth-order valence-corrected chi connectivity index (χ4v) is 5.36. The molecule has 5 aliphatic rings. The third-order valence-corrected chi connectivity index (χ3v) is 6.80. The molecule has 3 heteroatoms. The summed E-state index contributed by atoms with van der Waals surface area (Å²) in [6, 6.07) is 1.52. The van der Waals surface area contributed by atoms with Crippen LogP contribution in [0.4, 0.5) is 0 Å². The zero-order valence-electron chi connectivity index (χ0n) is 12.9. The number of allylic oxidation sites excluding steroid dienone is 1. The standard InChI is InChI=1S/C18H27N3/c1-2-17-12-21(9-8-20(17)7-1)16-5-3-14(4-6-16)18-10-15(18)11-19-13-18/h3-5,15-17,19H,1-2,6-13H2. The third kappa shape index (κ3) is 1.97. The van der Waals surface area contributed by atoms with Gasteiger partial charge in [0.1, 0.15) is 0 Å². The number of piperidine rings is 1. The van der Waals surface area contributed by atoms with Crippen molar-refractivity contribution in [2.45, 2.75) is 37.8 Å². The van der Waals surface area contributed by atoms with Gasteiger partial charge in [-0.2, -0.15) is 0 Å². The lowest BCUT2D eigenvalue weighted by Crippen LogP contribution is -2.53. The minimum Gasteiger partial charge on any atom is -0.316 e. The van der Waals surface area contributed by atoms with E-state index >= 15 is 0 Å². The molecule has 0 aromatic heterocycles. The van der Waals surface area contributed by atoms with Crippen LogP contribution in [0, 0.1) is 11.3 Å². The van der Waals surface area contributed by atoms with Crippen LogP contribution < -0.4 is 5.32 Å². The summed E-state index contributed by atoms with van der Waals surface area (Å²) in [5.74, 6) is 0.937. The molecule has 0 radical (unpaired) electrons. The molecule has 2 aliphatic carbocycles. The molecule has 114 valence electrons. The molecule has 4 fully saturated rings. The molecular weight excluding hydrogens is 258 g/mol. The molecule has 0 aromatic rings. The first kappa shape index (κ1) is 12.9. The molecule has 1 saturated carbocycles. The maximum Gasteiger partial charge on any atom is 0.0317 e. The molecule has 0 aromatic carbocycles. The molecule has 1 N–H and O–H groups in total. The van der Waals surface area contributed by atoms with Gasteiger partial charge in [0, 0.05) is 43.7 Å². The van der Waals surface area contributed by atoms with Crippen molar-refractivity contribution in [3.8, 4) is 0 Å². The first-order valence-electron chi connectivity index (χ1n) is 8.93. The second-order valence-corrected chi connectivity index (χ2v) is 7.84. The van der Waals surface area contributed by atoms with Crippen LogP contribution in [-0.2, 0) is 0 Å². The van der Waals surface area contributed by atoms with Gasteiger partial charge in [0.25, 0.3) is 0 Å². The fraction of sp³-hybridized carbons (Fsp3) is 0.778. The zero-order valence-corrected chi connectivity index (χ0v) is 12.9. The number of nitrogens with one attached hydrogen (secondary N) is 1. The second-order valence-electron chi connectivity index (χ2n) is 7.84. The lowest BCUT2D eigenvalue weighted by Gasteiger charge is -2.41. The Morgan fingerprint density at radius 3 is 2.90 bits per heavy atom. The summed E-state index contributed by atoms with van der Waals surface area (Å²) < 4.78 is 0. The highest BCUT2D eigenvalue weighted by molar-refractivity contribution is 5.39. The van der Waals surface area contributed by atoms with Crippen LogP contribution in [0.15, 0.2) is 23.8 Å². The van der Waals surface area contributed by atoms with Gasteiger partial charge in [0.15, 0.2) is 0 Å². The molecule has 3 nitrogen and oxygen atoms in total. The van der Waals surface area contributed by atoms with E-state index in [0.29, 0.717) is 11.5 Å². The average Bonchev–Trinajstić information content (AvgIpc) is 2.90. The molecule has 21 heavy (non-hydrogen) atoms. The summed E-state index contributed by atoms with van der Waals surface area (Å²) in [5.41, 5.74) is 2.19. The predicted octanol–water partition coefficient (Wildman–Crippen LogP) is 1.63. The third-order valence-electron chi connectivity index (χ3n) is 6.80. The maximum atomic E-state index is 3.57. The number of nitrogens with zero attached hydrogens (tertiary/aromatic N) is 2. The molecule has 3 saturated heterocycles. The van der Waals surface area contributed by atoms with E-state index in [2.05, 4.69) is 33.3 Å². The molecular formula is C18H27N3. The Morgan fingerprint density at radius 1 is 1.19 bits per heavy atom. The SMILES string of the molecule is C1=CC(N2CCN3CCCC3C2)CC=C1C12CNCC1C2. The van der Waals surface area contributed by atoms with Crippen LogP contribution >= 0.6 is 0 Å². The Bertz CT molecular complexity index is 497. The van der Waals surface area contributed by atoms with E-state index in [4.69, 9.17) is 0 Å². The van der Waals surface area contributed by atoms with Gasteiger partial charge in [0.05, 0.1) is 0 Å². The Kier molecular flexibility index (Phi) is 2.86. The van der Waals surface area contributed by atoms with Gasteiger partial charge >= 0.3 is 0 Å². The quantitative estimate of drug-likeness (QED) is 0.832. The van der Waals surface area contributed by atoms with Crippen molar-refractivity contribution in [3.05, 3.63) is 23.8 Å². The van der Waals surface area contributed by atoms with Crippen molar-refractivity contribution >= 4 is 0 Å². The van der Waals surface area contributed by atoms with Crippen molar-refractivity contribution < 1.29 is 0 Å². The highest BCUT2D eigenvalue weighted by Crippen LogP contribution is 2.60. The van der Waals surface area contributed by atoms with Crippen LogP contribution in [0.2, 0.25) is 0 Å². The molecule has 4 atom stereocenters. The molecule has 0 amide bonds. The second kappa shape index (κ2) is 4.68. The highest BCUT2D eigenvalue weighted by Gasteiger charge is 2.58. The van der Waals surface area contributed by atoms with Crippen molar-refractivity contribution in [2.75, 3.05) is 39.3 Å². The van der Waals surface area contributed by atoms with E-state index in [-0.39, 0.29) is 0 Å². The number of fused-ring (bicyclic) bond motifs is 2. The van der Waals surface area contributed by atoms with Crippen molar-refractivity contribution in [1.29, 1.82) is 0 Å². The minimum absolute atomic E-state index is 0.547. The van der Waals surface area contributed by atoms with Crippen molar-refractivity contribution in [2.24, 2.45) is 11.3 Å². The van der Waals surface area contributed by atoms with E-state index in [1.54, 1.807) is 5.57 Å². The summed E-state index contributed by atoms with van der Waals surface area (Å²) in [6.07, 6.45) is 13.1. The summed E-state index contributed by atoms with van der Waals surface area (Å²) in [4.78, 5) is 5.45. The van der Waals surface area contributed by atoms with Crippen molar-refractivity contribution in [1.82, 2.24) is 15.1 Å². The number of piperazine rings is 1. The summed E-state index contributed by atoms with van der Waals surface area (Å²) in [7, 11) is 0. The van der Waals surface area contributed by atoms with Crippen LogP contribution in [-0.4, -0.2) is 61.2 Å². The largest absolute Gasteiger partial charge is 0.316 e. The Morgan fingerprint density at radius 2 is 2.14 bits per heavy atom. The average molecular weight is 285 g/mol. The summed E-state index contributed by atoms with van der Waals surface area (Å²) in [5, 5.41) is 3.57. The molecule has 0 bridgehead atoms. The lowest BCUT2D eigenvalue weighted by molar-refractivity contribution is 0.0858. The van der Waals surface area contributed by atoms with Gasteiger partial charge < -0.3 is 5.32 Å². The summed E-state index contributed by atoms with van der Waals surface area (Å²) in [6.45, 7) is 7.68. The topological polar surface area (TPSA) is 18.5 Å². The maximum absolute atomic E-state index is 3.57. The zero-order chi connectivity index (χ0) is 13.9. The fourth-order valence-electron chi connectivity index (χ4n) is 5.36. The minimum atomic E-state index is 0.547. The van der Waals surface area contributed by atoms with Crippen LogP contribution in [0.1, 0.15) is 25.7 Å². The van der Waals surface area contributed by atoms with Gasteiger partial charge in [0.2, 0.25) is 0 Å². The van der Waals surface area contributed by atoms with E-state index in [1.807, 2.05) is 0 Å². The van der Waals surface area contributed by atoms with E-state index in [0.717, 1.165) is 12.0 Å². The van der Waals surface area contributed by atoms with Gasteiger partial charge in [-0.25, -0.2) is 0 Å². The van der Waals surface area contributed by atoms with E-state index in [9.17, 15) is 0 Å². The van der Waals surface area contributed by atoms with Gasteiger partial charge in [-0.1, -0.05) is 18.2 Å². The van der Waals surface area contributed by atoms with E-state index in [1.165, 1.54) is 65.0 Å². The van der Waals surface area contributed by atoms with Crippen LogP contribution in [0.5, 0.6) is 0 Å². The number of hydrogen-bond acceptors (Lipinski definition) is 3. The molecule has 3 aliphatic heterocycles. The first-order chi connectivity index (χ1) is 10.4. The van der Waals surface area contributed by atoms with Crippen LogP contribution in [0.3, 0.4) is 0 Å².